The Balaban J connectivity index is 2.78. The van der Waals surface area contributed by atoms with Gasteiger partial charge in [0.1, 0.15) is 5.75 Å². The first-order chi connectivity index (χ1) is 12.5. The molecule has 27 heavy (non-hydrogen) atoms. The van der Waals surface area contributed by atoms with Gasteiger partial charge < -0.3 is 9.84 Å². The van der Waals surface area contributed by atoms with Gasteiger partial charge in [-0.2, -0.15) is 0 Å². The van der Waals surface area contributed by atoms with E-state index in [0.717, 1.165) is 24.0 Å². The summed E-state index contributed by atoms with van der Waals surface area (Å²) >= 11 is 0. The van der Waals surface area contributed by atoms with E-state index in [2.05, 4.69) is 33.0 Å². The summed E-state index contributed by atoms with van der Waals surface area (Å²) in [5, 5.41) is 13.4. The number of hydrogen-bond donors (Lipinski definition) is 2. The second-order valence-corrected chi connectivity index (χ2v) is 9.44. The van der Waals surface area contributed by atoms with E-state index in [1.54, 1.807) is 6.07 Å². The summed E-state index contributed by atoms with van der Waals surface area (Å²) in [6, 6.07) is 3.64. The Bertz CT molecular complexity index is 609. The molecule has 1 aromatic carbocycles. The van der Waals surface area contributed by atoms with E-state index in [-0.39, 0.29) is 16.6 Å². The van der Waals surface area contributed by atoms with Crippen molar-refractivity contribution in [1.82, 2.24) is 0 Å². The molecular weight excluding hydrogens is 338 g/mol. The van der Waals surface area contributed by atoms with Crippen LogP contribution in [0.4, 0.5) is 10.5 Å². The summed E-state index contributed by atoms with van der Waals surface area (Å²) < 4.78 is 5.36. The summed E-state index contributed by atoms with van der Waals surface area (Å²) in [5.74, 6) is 0.262. The van der Waals surface area contributed by atoms with Gasteiger partial charge in [0.25, 0.3) is 0 Å². The smallest absolute Gasteiger partial charge is 0.411 e. The van der Waals surface area contributed by atoms with Gasteiger partial charge in [-0.15, -0.1) is 0 Å². The van der Waals surface area contributed by atoms with E-state index in [4.69, 9.17) is 4.74 Å². The fourth-order valence-corrected chi connectivity index (χ4v) is 3.11. The minimum atomic E-state index is -0.431. The zero-order chi connectivity index (χ0) is 20.7. The highest BCUT2D eigenvalue weighted by Crippen LogP contribution is 2.39. The number of hydrogen-bond acceptors (Lipinski definition) is 3. The van der Waals surface area contributed by atoms with Crippen LogP contribution in [0.1, 0.15) is 98.1 Å². The molecule has 0 bridgehead atoms. The number of aromatic hydroxyl groups is 1. The van der Waals surface area contributed by atoms with Crippen molar-refractivity contribution in [2.24, 2.45) is 0 Å². The number of anilines is 1. The van der Waals surface area contributed by atoms with E-state index >= 15 is 0 Å². The molecule has 0 heterocycles. The van der Waals surface area contributed by atoms with Crippen LogP contribution in [0.15, 0.2) is 12.1 Å². The third-order valence-corrected chi connectivity index (χ3v) is 4.72. The average Bonchev–Trinajstić information content (AvgIpc) is 2.53. The number of ether oxygens (including phenoxy) is 1. The SMILES string of the molecule is CCCCCCCCOC(=O)Nc1cc(C(C)(C)C)c(O)cc1C(C)(C)C. The molecule has 4 heteroatoms. The number of unbranched alkanes of at least 4 members (excludes halogenated alkanes) is 5. The molecule has 1 rings (SSSR count). The Labute approximate surface area is 165 Å². The minimum absolute atomic E-state index is 0.213. The van der Waals surface area contributed by atoms with Crippen LogP contribution >= 0.6 is 0 Å². The number of phenols is 1. The maximum absolute atomic E-state index is 12.3. The topological polar surface area (TPSA) is 58.6 Å². The van der Waals surface area contributed by atoms with Crippen LogP contribution in [0.3, 0.4) is 0 Å². The summed E-state index contributed by atoms with van der Waals surface area (Å²) in [5.41, 5.74) is 1.97. The van der Waals surface area contributed by atoms with Gasteiger partial charge in [-0.25, -0.2) is 4.79 Å². The van der Waals surface area contributed by atoms with Gasteiger partial charge in [0.2, 0.25) is 0 Å². The van der Waals surface area contributed by atoms with Crippen LogP contribution in [0, 0.1) is 0 Å². The molecule has 1 aromatic rings. The Morgan fingerprint density at radius 2 is 1.48 bits per heavy atom. The van der Waals surface area contributed by atoms with Crippen molar-refractivity contribution in [1.29, 1.82) is 0 Å². The van der Waals surface area contributed by atoms with Crippen LogP contribution in [0.2, 0.25) is 0 Å². The van der Waals surface area contributed by atoms with Crippen LogP contribution < -0.4 is 5.32 Å². The van der Waals surface area contributed by atoms with Crippen molar-refractivity contribution in [3.63, 3.8) is 0 Å². The van der Waals surface area contributed by atoms with Crippen molar-refractivity contribution in [2.75, 3.05) is 11.9 Å². The lowest BCUT2D eigenvalue weighted by atomic mass is 9.80. The quantitative estimate of drug-likeness (QED) is 0.383. The average molecular weight is 378 g/mol. The number of carbonyl (C=O) groups excluding carboxylic acids is 1. The molecule has 2 N–H and O–H groups in total. The Morgan fingerprint density at radius 3 is 2.04 bits per heavy atom. The highest BCUT2D eigenvalue weighted by Gasteiger charge is 2.26. The number of benzene rings is 1. The van der Waals surface area contributed by atoms with Crippen LogP contribution in [-0.2, 0) is 15.6 Å². The van der Waals surface area contributed by atoms with Crippen molar-refractivity contribution in [3.05, 3.63) is 23.3 Å². The third kappa shape index (κ3) is 7.82. The summed E-state index contributed by atoms with van der Waals surface area (Å²) in [6.07, 6.45) is 6.51. The largest absolute Gasteiger partial charge is 0.508 e. The maximum atomic E-state index is 12.3. The number of amides is 1. The second kappa shape index (κ2) is 10.0. The van der Waals surface area contributed by atoms with Crippen LogP contribution in [0.25, 0.3) is 0 Å². The molecule has 0 radical (unpaired) electrons. The monoisotopic (exact) mass is 377 g/mol. The summed E-state index contributed by atoms with van der Waals surface area (Å²) in [6.45, 7) is 14.9. The van der Waals surface area contributed by atoms with Gasteiger partial charge in [-0.1, -0.05) is 80.6 Å². The number of rotatable bonds is 8. The van der Waals surface area contributed by atoms with E-state index in [9.17, 15) is 9.90 Å². The number of phenolic OH excluding ortho intramolecular Hbond substituents is 1. The molecule has 0 aliphatic rings. The predicted molar refractivity (Wildman–Crippen MR) is 114 cm³/mol. The van der Waals surface area contributed by atoms with Crippen molar-refractivity contribution >= 4 is 11.8 Å². The standard InChI is InChI=1S/C23H39NO3/c1-8-9-10-11-12-13-14-27-21(26)24-19-15-18(23(5,6)7)20(25)16-17(19)22(2,3)4/h15-16,25H,8-14H2,1-7H3,(H,24,26). The van der Waals surface area contributed by atoms with Gasteiger partial charge in [0.05, 0.1) is 6.61 Å². The van der Waals surface area contributed by atoms with Crippen LogP contribution in [0.5, 0.6) is 5.75 Å². The van der Waals surface area contributed by atoms with Crippen molar-refractivity contribution in [2.45, 2.75) is 97.8 Å². The van der Waals surface area contributed by atoms with E-state index in [1.165, 1.54) is 25.7 Å². The highest BCUT2D eigenvalue weighted by atomic mass is 16.5. The molecule has 0 unspecified atom stereocenters. The molecule has 0 aliphatic heterocycles. The van der Waals surface area contributed by atoms with Gasteiger partial charge >= 0.3 is 6.09 Å². The van der Waals surface area contributed by atoms with Crippen LogP contribution in [-0.4, -0.2) is 17.8 Å². The second-order valence-electron chi connectivity index (χ2n) is 9.44. The van der Waals surface area contributed by atoms with Gasteiger partial charge in [-0.3, -0.25) is 5.32 Å². The molecule has 0 aromatic heterocycles. The minimum Gasteiger partial charge on any atom is -0.508 e. The normalized spacial score (nSPS) is 12.1. The van der Waals surface area contributed by atoms with Gasteiger partial charge in [0, 0.05) is 11.3 Å². The molecule has 0 fully saturated rings. The molecule has 4 nitrogen and oxygen atoms in total. The number of nitrogens with one attached hydrogen (secondary N) is 1. The fraction of sp³-hybridized carbons (Fsp3) is 0.696. The van der Waals surface area contributed by atoms with E-state index < -0.39 is 6.09 Å². The lowest BCUT2D eigenvalue weighted by Crippen LogP contribution is -2.21. The Hall–Kier alpha value is -1.71. The third-order valence-electron chi connectivity index (χ3n) is 4.72. The van der Waals surface area contributed by atoms with Gasteiger partial charge in [-0.05, 0) is 34.9 Å². The first-order valence-corrected chi connectivity index (χ1v) is 10.3. The van der Waals surface area contributed by atoms with Crippen molar-refractivity contribution < 1.29 is 14.6 Å². The molecule has 0 saturated carbocycles. The lowest BCUT2D eigenvalue weighted by molar-refractivity contribution is 0.159. The zero-order valence-electron chi connectivity index (χ0n) is 18.4. The molecule has 154 valence electrons. The molecule has 0 spiro atoms. The lowest BCUT2D eigenvalue weighted by Gasteiger charge is -2.27. The fourth-order valence-electron chi connectivity index (χ4n) is 3.11. The molecular formula is C23H39NO3. The van der Waals surface area contributed by atoms with Crippen molar-refractivity contribution in [3.8, 4) is 5.75 Å². The predicted octanol–water partition coefficient (Wildman–Crippen LogP) is 6.90. The molecule has 0 atom stereocenters. The molecule has 0 saturated heterocycles. The maximum Gasteiger partial charge on any atom is 0.411 e. The van der Waals surface area contributed by atoms with E-state index in [1.807, 2.05) is 26.8 Å². The first-order valence-electron chi connectivity index (χ1n) is 10.3. The zero-order valence-corrected chi connectivity index (χ0v) is 18.4. The first kappa shape index (κ1) is 23.3. The summed E-state index contributed by atoms with van der Waals surface area (Å²) in [4.78, 5) is 12.3. The summed E-state index contributed by atoms with van der Waals surface area (Å²) in [7, 11) is 0. The van der Waals surface area contributed by atoms with E-state index in [0.29, 0.717) is 12.3 Å². The highest BCUT2D eigenvalue weighted by molar-refractivity contribution is 5.86. The van der Waals surface area contributed by atoms with Gasteiger partial charge in [0.15, 0.2) is 0 Å². The number of carbonyl (C=O) groups is 1. The molecule has 1 amide bonds. The Kier molecular flexibility index (Phi) is 8.64. The molecule has 0 aliphatic carbocycles. The Morgan fingerprint density at radius 1 is 0.926 bits per heavy atom.